The van der Waals surface area contributed by atoms with Crippen LogP contribution in [0.5, 0.6) is 5.75 Å². The van der Waals surface area contributed by atoms with Gasteiger partial charge in [-0.1, -0.05) is 73.0 Å². The van der Waals surface area contributed by atoms with Crippen LogP contribution in [-0.2, 0) is 0 Å². The van der Waals surface area contributed by atoms with E-state index in [-0.39, 0.29) is 5.78 Å². The Balaban J connectivity index is 1.36. The zero-order valence-corrected chi connectivity index (χ0v) is 21.6. The van der Waals surface area contributed by atoms with Gasteiger partial charge in [-0.15, -0.1) is 10.2 Å². The molecule has 0 N–H and O–H groups in total. The standard InChI is InChI=1S/C30H31N3O2S/c1-21-8-16-26(17-9-21)33-29(25-14-18-27(35-2)19-15-25)31-32-30(33)36-20-28(34)24-12-10-23(11-13-24)22-6-4-3-5-7-22/h8-19,22H,3-7,20H2,1-2H3. The van der Waals surface area contributed by atoms with E-state index >= 15 is 0 Å². The van der Waals surface area contributed by atoms with Crippen LogP contribution in [0.1, 0.15) is 59.5 Å². The van der Waals surface area contributed by atoms with Crippen LogP contribution in [0.3, 0.4) is 0 Å². The first-order valence-electron chi connectivity index (χ1n) is 12.6. The molecule has 0 saturated heterocycles. The van der Waals surface area contributed by atoms with Crippen LogP contribution >= 0.6 is 11.8 Å². The second-order valence-corrected chi connectivity index (χ2v) is 10.3. The molecular weight excluding hydrogens is 466 g/mol. The minimum Gasteiger partial charge on any atom is -0.497 e. The van der Waals surface area contributed by atoms with Crippen molar-refractivity contribution in [3.63, 3.8) is 0 Å². The lowest BCUT2D eigenvalue weighted by molar-refractivity contribution is 0.102. The molecule has 0 unspecified atom stereocenters. The van der Waals surface area contributed by atoms with Crippen molar-refractivity contribution in [2.24, 2.45) is 0 Å². The molecule has 36 heavy (non-hydrogen) atoms. The summed E-state index contributed by atoms with van der Waals surface area (Å²) in [6.45, 7) is 2.06. The summed E-state index contributed by atoms with van der Waals surface area (Å²) in [6, 6.07) is 24.3. The normalized spacial score (nSPS) is 14.1. The summed E-state index contributed by atoms with van der Waals surface area (Å²) in [4.78, 5) is 13.1. The maximum atomic E-state index is 13.1. The van der Waals surface area contributed by atoms with Crippen molar-refractivity contribution < 1.29 is 9.53 Å². The first-order chi connectivity index (χ1) is 17.6. The van der Waals surface area contributed by atoms with Crippen molar-refractivity contribution in [3.05, 3.63) is 89.5 Å². The number of nitrogens with zero attached hydrogens (tertiary/aromatic N) is 3. The molecule has 1 saturated carbocycles. The van der Waals surface area contributed by atoms with Crippen molar-refractivity contribution in [1.82, 2.24) is 14.8 Å². The summed E-state index contributed by atoms with van der Waals surface area (Å²) in [6.07, 6.45) is 6.48. The van der Waals surface area contributed by atoms with E-state index in [1.807, 2.05) is 41.0 Å². The Kier molecular flexibility index (Phi) is 7.52. The lowest BCUT2D eigenvalue weighted by Gasteiger charge is -2.22. The summed E-state index contributed by atoms with van der Waals surface area (Å²) in [5, 5.41) is 9.65. The van der Waals surface area contributed by atoms with Gasteiger partial charge in [-0.05, 0) is 67.6 Å². The first-order valence-corrected chi connectivity index (χ1v) is 13.5. The average molecular weight is 498 g/mol. The predicted octanol–water partition coefficient (Wildman–Crippen LogP) is 7.27. The molecule has 0 bridgehead atoms. The highest BCUT2D eigenvalue weighted by atomic mass is 32.2. The third-order valence-corrected chi connectivity index (χ3v) is 7.84. The second kappa shape index (κ2) is 11.1. The Morgan fingerprint density at radius 3 is 2.28 bits per heavy atom. The fourth-order valence-electron chi connectivity index (χ4n) is 4.81. The lowest BCUT2D eigenvalue weighted by atomic mass is 9.84. The van der Waals surface area contributed by atoms with Gasteiger partial charge in [-0.2, -0.15) is 0 Å². The number of thioether (sulfide) groups is 1. The minimum absolute atomic E-state index is 0.0969. The van der Waals surface area contributed by atoms with Gasteiger partial charge in [0.2, 0.25) is 0 Å². The van der Waals surface area contributed by atoms with Crippen LogP contribution in [-0.4, -0.2) is 33.4 Å². The molecule has 3 aromatic carbocycles. The number of aryl methyl sites for hydroxylation is 1. The number of carbonyl (C=O) groups excluding carboxylic acids is 1. The number of Topliss-reactive ketones (excluding diaryl/α,β-unsaturated/α-hetero) is 1. The molecule has 5 rings (SSSR count). The number of carbonyl (C=O) groups is 1. The van der Waals surface area contributed by atoms with Crippen LogP contribution in [0.2, 0.25) is 0 Å². The molecular formula is C30H31N3O2S. The number of benzene rings is 3. The van der Waals surface area contributed by atoms with Gasteiger partial charge in [0.1, 0.15) is 5.75 Å². The van der Waals surface area contributed by atoms with Crippen molar-refractivity contribution in [2.45, 2.75) is 50.1 Å². The van der Waals surface area contributed by atoms with Gasteiger partial charge in [0.25, 0.3) is 0 Å². The van der Waals surface area contributed by atoms with Crippen LogP contribution in [0.25, 0.3) is 17.1 Å². The fourth-order valence-corrected chi connectivity index (χ4v) is 5.65. The van der Waals surface area contributed by atoms with E-state index in [4.69, 9.17) is 4.74 Å². The van der Waals surface area contributed by atoms with Crippen LogP contribution < -0.4 is 4.74 Å². The van der Waals surface area contributed by atoms with E-state index in [1.54, 1.807) is 7.11 Å². The number of methoxy groups -OCH3 is 1. The largest absolute Gasteiger partial charge is 0.497 e. The maximum Gasteiger partial charge on any atom is 0.196 e. The highest BCUT2D eigenvalue weighted by Crippen LogP contribution is 2.33. The zero-order valence-electron chi connectivity index (χ0n) is 20.8. The molecule has 4 aromatic rings. The molecule has 0 spiro atoms. The number of ketones is 1. The highest BCUT2D eigenvalue weighted by Gasteiger charge is 2.19. The van der Waals surface area contributed by atoms with E-state index in [0.717, 1.165) is 28.4 Å². The first kappa shape index (κ1) is 24.3. The van der Waals surface area contributed by atoms with Gasteiger partial charge in [-0.3, -0.25) is 9.36 Å². The molecule has 0 amide bonds. The number of aromatic nitrogens is 3. The molecule has 1 aliphatic carbocycles. The number of rotatable bonds is 8. The molecule has 0 aliphatic heterocycles. The van der Waals surface area contributed by atoms with Crippen LogP contribution in [0, 0.1) is 6.92 Å². The molecule has 1 fully saturated rings. The van der Waals surface area contributed by atoms with Gasteiger partial charge < -0.3 is 4.74 Å². The third kappa shape index (κ3) is 5.39. The topological polar surface area (TPSA) is 57.0 Å². The summed E-state index contributed by atoms with van der Waals surface area (Å²) in [5.74, 6) is 2.56. The minimum atomic E-state index is 0.0969. The third-order valence-electron chi connectivity index (χ3n) is 6.92. The average Bonchev–Trinajstić information content (AvgIpc) is 3.36. The quantitative estimate of drug-likeness (QED) is 0.189. The van der Waals surface area contributed by atoms with Crippen molar-refractivity contribution in [2.75, 3.05) is 12.9 Å². The van der Waals surface area contributed by atoms with Gasteiger partial charge >= 0.3 is 0 Å². The predicted molar refractivity (Wildman–Crippen MR) is 145 cm³/mol. The van der Waals surface area contributed by atoms with Crippen LogP contribution in [0.4, 0.5) is 0 Å². The Hall–Kier alpha value is -3.38. The number of hydrogen-bond acceptors (Lipinski definition) is 5. The molecule has 1 aliphatic rings. The van der Waals surface area contributed by atoms with Crippen molar-refractivity contribution >= 4 is 17.5 Å². The lowest BCUT2D eigenvalue weighted by Crippen LogP contribution is -2.07. The summed E-state index contributed by atoms with van der Waals surface area (Å²) in [5.41, 5.74) is 5.18. The van der Waals surface area contributed by atoms with E-state index in [9.17, 15) is 4.79 Å². The Bertz CT molecular complexity index is 1310. The molecule has 5 nitrogen and oxygen atoms in total. The molecule has 0 radical (unpaired) electrons. The Labute approximate surface area is 216 Å². The van der Waals surface area contributed by atoms with E-state index in [2.05, 4.69) is 53.5 Å². The summed E-state index contributed by atoms with van der Waals surface area (Å²) in [7, 11) is 1.65. The Morgan fingerprint density at radius 2 is 1.61 bits per heavy atom. The Morgan fingerprint density at radius 1 is 0.917 bits per heavy atom. The molecule has 1 heterocycles. The van der Waals surface area contributed by atoms with Crippen molar-refractivity contribution in [3.8, 4) is 22.8 Å². The second-order valence-electron chi connectivity index (χ2n) is 9.37. The molecule has 184 valence electrons. The van der Waals surface area contributed by atoms with E-state index < -0.39 is 0 Å². The van der Waals surface area contributed by atoms with E-state index in [0.29, 0.717) is 16.8 Å². The molecule has 0 atom stereocenters. The number of ether oxygens (including phenoxy) is 1. The molecule has 1 aromatic heterocycles. The van der Waals surface area contributed by atoms with Gasteiger partial charge in [-0.25, -0.2) is 0 Å². The monoisotopic (exact) mass is 497 g/mol. The zero-order chi connectivity index (χ0) is 24.9. The highest BCUT2D eigenvalue weighted by molar-refractivity contribution is 7.99. The summed E-state index contributed by atoms with van der Waals surface area (Å²) < 4.78 is 7.32. The number of hydrogen-bond donors (Lipinski definition) is 0. The maximum absolute atomic E-state index is 13.1. The summed E-state index contributed by atoms with van der Waals surface area (Å²) >= 11 is 1.42. The SMILES string of the molecule is COc1ccc(-c2nnc(SCC(=O)c3ccc(C4CCCCC4)cc3)n2-c2ccc(C)cc2)cc1. The van der Waals surface area contributed by atoms with Crippen LogP contribution in [0.15, 0.2) is 78.0 Å². The van der Waals surface area contributed by atoms with Crippen molar-refractivity contribution in [1.29, 1.82) is 0 Å². The van der Waals surface area contributed by atoms with Gasteiger partial charge in [0.05, 0.1) is 12.9 Å². The fraction of sp³-hybridized carbons (Fsp3) is 0.300. The van der Waals surface area contributed by atoms with Gasteiger partial charge in [0, 0.05) is 16.8 Å². The molecule has 6 heteroatoms. The van der Waals surface area contributed by atoms with E-state index in [1.165, 1.54) is 55.0 Å². The van der Waals surface area contributed by atoms with Gasteiger partial charge in [0.15, 0.2) is 16.8 Å². The smallest absolute Gasteiger partial charge is 0.196 e.